The van der Waals surface area contributed by atoms with Crippen molar-refractivity contribution in [3.05, 3.63) is 83.2 Å². The summed E-state index contributed by atoms with van der Waals surface area (Å²) in [6.45, 7) is 0.436. The quantitative estimate of drug-likeness (QED) is 0.555. The molecule has 7 nitrogen and oxygen atoms in total. The number of nitrogens with one attached hydrogen (secondary N) is 2. The van der Waals surface area contributed by atoms with Crippen LogP contribution >= 0.6 is 0 Å². The normalized spacial score (nSPS) is 14.9. The van der Waals surface area contributed by atoms with Gasteiger partial charge >= 0.3 is 0 Å². The number of hydrogen-bond donors (Lipinski definition) is 3. The van der Waals surface area contributed by atoms with Gasteiger partial charge in [-0.1, -0.05) is 18.2 Å². The molecule has 7 heteroatoms. The lowest BCUT2D eigenvalue weighted by Crippen LogP contribution is -2.28. The minimum Gasteiger partial charge on any atom is -0.457 e. The average molecular weight is 431 g/mol. The van der Waals surface area contributed by atoms with Crippen molar-refractivity contribution in [1.82, 2.24) is 10.3 Å². The zero-order valence-corrected chi connectivity index (χ0v) is 17.9. The van der Waals surface area contributed by atoms with Gasteiger partial charge in [-0.2, -0.15) is 0 Å². The molecule has 2 amide bonds. The summed E-state index contributed by atoms with van der Waals surface area (Å²) in [4.78, 5) is 28.7. The van der Waals surface area contributed by atoms with Crippen LogP contribution in [0.3, 0.4) is 0 Å². The first kappa shape index (κ1) is 21.5. The Morgan fingerprint density at radius 3 is 2.75 bits per heavy atom. The van der Waals surface area contributed by atoms with E-state index in [9.17, 15) is 9.59 Å². The maximum absolute atomic E-state index is 12.9. The van der Waals surface area contributed by atoms with Gasteiger partial charge in [0.25, 0.3) is 5.91 Å². The van der Waals surface area contributed by atoms with Gasteiger partial charge < -0.3 is 21.1 Å². The molecule has 0 saturated heterocycles. The molecule has 4 N–H and O–H groups in total. The summed E-state index contributed by atoms with van der Waals surface area (Å²) in [6.07, 6.45) is 3.83. The highest BCUT2D eigenvalue weighted by Gasteiger charge is 2.25. The Hall–Kier alpha value is -3.71. The standard InChI is InChI=1S/C25H26N4O3/c1-27-25(31)23-14-22(9-10-28-23)32-21-8-7-17-5-6-18(12-19(17)13-21)24(30)29-20-4-2-3-16(11-20)15-26/h2-4,7-11,13-14,18H,5-6,12,15,26H2,1H3,(H,27,31)(H,29,30). The van der Waals surface area contributed by atoms with Crippen molar-refractivity contribution in [1.29, 1.82) is 0 Å². The third kappa shape index (κ3) is 4.95. The molecule has 32 heavy (non-hydrogen) atoms. The smallest absolute Gasteiger partial charge is 0.269 e. The maximum atomic E-state index is 12.9. The average Bonchev–Trinajstić information content (AvgIpc) is 2.83. The van der Waals surface area contributed by atoms with Gasteiger partial charge in [0.1, 0.15) is 17.2 Å². The Morgan fingerprint density at radius 2 is 1.94 bits per heavy atom. The molecule has 0 spiro atoms. The number of pyridine rings is 1. The van der Waals surface area contributed by atoms with Crippen LogP contribution in [0.15, 0.2) is 60.8 Å². The highest BCUT2D eigenvalue weighted by atomic mass is 16.5. The largest absolute Gasteiger partial charge is 0.457 e. The van der Waals surface area contributed by atoms with E-state index in [0.29, 0.717) is 30.2 Å². The molecule has 1 atom stereocenters. The number of nitrogens with zero attached hydrogens (tertiary/aromatic N) is 1. The van der Waals surface area contributed by atoms with E-state index in [-0.39, 0.29) is 17.7 Å². The predicted octanol–water partition coefficient (Wildman–Crippen LogP) is 3.44. The number of carbonyl (C=O) groups is 2. The van der Waals surface area contributed by atoms with Gasteiger partial charge in [0.2, 0.25) is 5.91 Å². The molecule has 1 unspecified atom stereocenters. The van der Waals surface area contributed by atoms with Crippen LogP contribution in [0.2, 0.25) is 0 Å². The summed E-state index contributed by atoms with van der Waals surface area (Å²) >= 11 is 0. The highest BCUT2D eigenvalue weighted by Crippen LogP contribution is 2.31. The molecule has 0 bridgehead atoms. The molecule has 1 heterocycles. The second kappa shape index (κ2) is 9.62. The SMILES string of the molecule is CNC(=O)c1cc(Oc2ccc3c(c2)CC(C(=O)Nc2cccc(CN)c2)CC3)ccn1. The number of carbonyl (C=O) groups excluding carboxylic acids is 2. The first-order valence-electron chi connectivity index (χ1n) is 10.6. The summed E-state index contributed by atoms with van der Waals surface area (Å²) in [7, 11) is 1.56. The van der Waals surface area contributed by atoms with Gasteiger partial charge in [0, 0.05) is 37.5 Å². The van der Waals surface area contributed by atoms with Crippen molar-refractivity contribution in [2.45, 2.75) is 25.8 Å². The predicted molar refractivity (Wildman–Crippen MR) is 123 cm³/mol. The maximum Gasteiger partial charge on any atom is 0.269 e. The Balaban J connectivity index is 1.46. The van der Waals surface area contributed by atoms with Crippen molar-refractivity contribution in [3.8, 4) is 11.5 Å². The third-order valence-corrected chi connectivity index (χ3v) is 5.63. The van der Waals surface area contributed by atoms with Crippen LogP contribution in [0, 0.1) is 5.92 Å². The van der Waals surface area contributed by atoms with E-state index in [1.807, 2.05) is 42.5 Å². The van der Waals surface area contributed by atoms with Crippen molar-refractivity contribution >= 4 is 17.5 Å². The number of anilines is 1. The van der Waals surface area contributed by atoms with Gasteiger partial charge in [0.15, 0.2) is 0 Å². The number of rotatable bonds is 6. The molecule has 0 radical (unpaired) electrons. The lowest BCUT2D eigenvalue weighted by Gasteiger charge is -2.24. The van der Waals surface area contributed by atoms with Gasteiger partial charge in [0.05, 0.1) is 0 Å². The molecular weight excluding hydrogens is 404 g/mol. The Bertz CT molecular complexity index is 1150. The minimum atomic E-state index is -0.272. The molecule has 0 aliphatic heterocycles. The summed E-state index contributed by atoms with van der Waals surface area (Å²) in [5.41, 5.74) is 10.1. The fraction of sp³-hybridized carbons (Fsp3) is 0.240. The Kier molecular flexibility index (Phi) is 6.47. The van der Waals surface area contributed by atoms with Crippen LogP contribution in [0.5, 0.6) is 11.5 Å². The van der Waals surface area contributed by atoms with Crippen LogP contribution in [0.4, 0.5) is 5.69 Å². The molecule has 3 aromatic rings. The van der Waals surface area contributed by atoms with Crippen LogP contribution in [-0.2, 0) is 24.2 Å². The number of ether oxygens (including phenoxy) is 1. The third-order valence-electron chi connectivity index (χ3n) is 5.63. The van der Waals surface area contributed by atoms with Crippen LogP contribution in [0.1, 0.15) is 33.6 Å². The summed E-state index contributed by atoms with van der Waals surface area (Å²) in [5, 5.41) is 5.57. The molecular formula is C25H26N4O3. The topological polar surface area (TPSA) is 106 Å². The zero-order valence-electron chi connectivity index (χ0n) is 17.9. The summed E-state index contributed by atoms with van der Waals surface area (Å²) in [5.74, 6) is 0.824. The number of nitrogens with two attached hydrogens (primary N) is 1. The number of aryl methyl sites for hydroxylation is 1. The second-order valence-corrected chi connectivity index (χ2v) is 7.82. The summed E-state index contributed by atoms with van der Waals surface area (Å²) in [6, 6.07) is 16.9. The fourth-order valence-corrected chi connectivity index (χ4v) is 3.90. The number of benzene rings is 2. The molecule has 0 fully saturated rings. The lowest BCUT2D eigenvalue weighted by atomic mass is 9.83. The van der Waals surface area contributed by atoms with Gasteiger partial charge in [-0.15, -0.1) is 0 Å². The molecule has 4 rings (SSSR count). The molecule has 0 saturated carbocycles. The number of amides is 2. The first-order chi connectivity index (χ1) is 15.6. The fourth-order valence-electron chi connectivity index (χ4n) is 3.90. The summed E-state index contributed by atoms with van der Waals surface area (Å²) < 4.78 is 5.96. The molecule has 164 valence electrons. The number of fused-ring (bicyclic) bond motifs is 1. The lowest BCUT2D eigenvalue weighted by molar-refractivity contribution is -0.120. The van der Waals surface area contributed by atoms with E-state index in [2.05, 4.69) is 15.6 Å². The highest BCUT2D eigenvalue weighted by molar-refractivity contribution is 5.93. The van der Waals surface area contributed by atoms with Crippen molar-refractivity contribution in [2.24, 2.45) is 11.7 Å². The molecule has 1 aromatic heterocycles. The first-order valence-corrected chi connectivity index (χ1v) is 10.6. The van der Waals surface area contributed by atoms with Crippen LogP contribution in [-0.4, -0.2) is 23.8 Å². The monoisotopic (exact) mass is 430 g/mol. The van der Waals surface area contributed by atoms with Crippen LogP contribution < -0.4 is 21.1 Å². The minimum absolute atomic E-state index is 0.0143. The van der Waals surface area contributed by atoms with Crippen molar-refractivity contribution < 1.29 is 14.3 Å². The van der Waals surface area contributed by atoms with Gasteiger partial charge in [-0.3, -0.25) is 14.6 Å². The Morgan fingerprint density at radius 1 is 1.09 bits per heavy atom. The van der Waals surface area contributed by atoms with E-state index in [1.54, 1.807) is 25.4 Å². The van der Waals surface area contributed by atoms with E-state index in [0.717, 1.165) is 29.7 Å². The van der Waals surface area contributed by atoms with Crippen LogP contribution in [0.25, 0.3) is 0 Å². The van der Waals surface area contributed by atoms with Gasteiger partial charge in [-0.25, -0.2) is 0 Å². The van der Waals surface area contributed by atoms with E-state index < -0.39 is 0 Å². The van der Waals surface area contributed by atoms with E-state index in [1.165, 1.54) is 5.56 Å². The second-order valence-electron chi connectivity index (χ2n) is 7.82. The molecule has 1 aliphatic rings. The zero-order chi connectivity index (χ0) is 22.5. The molecule has 1 aliphatic carbocycles. The number of hydrogen-bond acceptors (Lipinski definition) is 5. The van der Waals surface area contributed by atoms with E-state index in [4.69, 9.17) is 10.5 Å². The Labute approximate surface area is 187 Å². The molecule has 2 aromatic carbocycles. The van der Waals surface area contributed by atoms with Crippen molar-refractivity contribution in [3.63, 3.8) is 0 Å². The number of aromatic nitrogens is 1. The van der Waals surface area contributed by atoms with Gasteiger partial charge in [-0.05, 0) is 66.3 Å². The van der Waals surface area contributed by atoms with Crippen molar-refractivity contribution in [2.75, 3.05) is 12.4 Å². The van der Waals surface area contributed by atoms with E-state index >= 15 is 0 Å².